The molecule has 3 heteroatoms. The SMILES string of the molecule is CCOC(=O)C1OC12CC(C)CCC2C. The minimum Gasteiger partial charge on any atom is -0.464 e. The predicted molar refractivity (Wildman–Crippen MR) is 56.4 cm³/mol. The number of hydrogen-bond acceptors (Lipinski definition) is 3. The van der Waals surface area contributed by atoms with Crippen molar-refractivity contribution in [1.29, 1.82) is 0 Å². The molecule has 0 aromatic carbocycles. The van der Waals surface area contributed by atoms with E-state index in [-0.39, 0.29) is 17.7 Å². The Labute approximate surface area is 91.1 Å². The van der Waals surface area contributed by atoms with E-state index in [4.69, 9.17) is 9.47 Å². The van der Waals surface area contributed by atoms with E-state index in [0.717, 1.165) is 12.8 Å². The molecule has 0 bridgehead atoms. The van der Waals surface area contributed by atoms with Crippen LogP contribution in [0.15, 0.2) is 0 Å². The second-order valence-electron chi connectivity index (χ2n) is 4.99. The zero-order valence-electron chi connectivity index (χ0n) is 9.79. The van der Waals surface area contributed by atoms with Crippen LogP contribution in [0.25, 0.3) is 0 Å². The summed E-state index contributed by atoms with van der Waals surface area (Å²) in [5.74, 6) is 0.988. The van der Waals surface area contributed by atoms with Gasteiger partial charge in [-0.3, -0.25) is 0 Å². The third-order valence-corrected chi connectivity index (χ3v) is 3.82. The summed E-state index contributed by atoms with van der Waals surface area (Å²) in [5, 5.41) is 0. The van der Waals surface area contributed by atoms with Crippen molar-refractivity contribution in [1.82, 2.24) is 0 Å². The monoisotopic (exact) mass is 212 g/mol. The molecule has 1 saturated heterocycles. The van der Waals surface area contributed by atoms with Crippen molar-refractivity contribution >= 4 is 5.97 Å². The van der Waals surface area contributed by atoms with Gasteiger partial charge in [0.2, 0.25) is 0 Å². The van der Waals surface area contributed by atoms with E-state index in [2.05, 4.69) is 13.8 Å². The van der Waals surface area contributed by atoms with E-state index in [1.54, 1.807) is 0 Å². The van der Waals surface area contributed by atoms with Crippen molar-refractivity contribution in [2.75, 3.05) is 6.61 Å². The Bertz CT molecular complexity index is 264. The summed E-state index contributed by atoms with van der Waals surface area (Å²) < 4.78 is 10.7. The van der Waals surface area contributed by atoms with Gasteiger partial charge in [0, 0.05) is 0 Å². The maximum atomic E-state index is 11.6. The zero-order chi connectivity index (χ0) is 11.1. The van der Waals surface area contributed by atoms with Gasteiger partial charge in [0.25, 0.3) is 0 Å². The molecular weight excluding hydrogens is 192 g/mol. The maximum Gasteiger partial charge on any atom is 0.338 e. The van der Waals surface area contributed by atoms with Gasteiger partial charge in [0.15, 0.2) is 6.10 Å². The molecule has 1 aliphatic heterocycles. The van der Waals surface area contributed by atoms with Gasteiger partial charge in [-0.2, -0.15) is 0 Å². The number of esters is 1. The van der Waals surface area contributed by atoms with E-state index in [9.17, 15) is 4.79 Å². The molecule has 4 unspecified atom stereocenters. The predicted octanol–water partition coefficient (Wildman–Crippen LogP) is 2.14. The smallest absolute Gasteiger partial charge is 0.338 e. The minimum atomic E-state index is -0.282. The quantitative estimate of drug-likeness (QED) is 0.520. The van der Waals surface area contributed by atoms with E-state index < -0.39 is 0 Å². The summed E-state index contributed by atoms with van der Waals surface area (Å²) in [5.41, 5.74) is -0.177. The maximum absolute atomic E-state index is 11.6. The summed E-state index contributed by atoms with van der Waals surface area (Å²) in [6.07, 6.45) is 3.14. The molecule has 0 N–H and O–H groups in total. The number of epoxide rings is 1. The van der Waals surface area contributed by atoms with Gasteiger partial charge in [0.1, 0.15) is 5.60 Å². The first-order valence-electron chi connectivity index (χ1n) is 5.94. The molecule has 4 atom stereocenters. The van der Waals surface area contributed by atoms with Crippen LogP contribution in [0.4, 0.5) is 0 Å². The highest BCUT2D eigenvalue weighted by molar-refractivity contribution is 5.79. The van der Waals surface area contributed by atoms with Gasteiger partial charge in [-0.1, -0.05) is 20.3 Å². The number of carbonyl (C=O) groups excluding carboxylic acids is 1. The lowest BCUT2D eigenvalue weighted by molar-refractivity contribution is -0.144. The molecule has 0 aromatic heterocycles. The molecule has 0 aromatic rings. The lowest BCUT2D eigenvalue weighted by atomic mass is 9.73. The second-order valence-corrected chi connectivity index (χ2v) is 4.99. The van der Waals surface area contributed by atoms with E-state index in [1.807, 2.05) is 6.92 Å². The first-order valence-corrected chi connectivity index (χ1v) is 5.94. The van der Waals surface area contributed by atoms with Crippen LogP contribution in [0.2, 0.25) is 0 Å². The minimum absolute atomic E-state index is 0.168. The number of hydrogen-bond donors (Lipinski definition) is 0. The number of ether oxygens (including phenoxy) is 2. The van der Waals surface area contributed by atoms with Crippen molar-refractivity contribution < 1.29 is 14.3 Å². The van der Waals surface area contributed by atoms with Gasteiger partial charge in [-0.25, -0.2) is 4.79 Å². The second kappa shape index (κ2) is 3.78. The topological polar surface area (TPSA) is 38.8 Å². The van der Waals surface area contributed by atoms with Crippen LogP contribution in [-0.4, -0.2) is 24.3 Å². The van der Waals surface area contributed by atoms with Gasteiger partial charge >= 0.3 is 5.97 Å². The van der Waals surface area contributed by atoms with Crippen molar-refractivity contribution in [2.45, 2.75) is 51.7 Å². The Balaban J connectivity index is 2.00. The van der Waals surface area contributed by atoms with Crippen LogP contribution in [0.3, 0.4) is 0 Å². The molecule has 3 nitrogen and oxygen atoms in total. The third-order valence-electron chi connectivity index (χ3n) is 3.82. The third kappa shape index (κ3) is 1.78. The number of rotatable bonds is 2. The van der Waals surface area contributed by atoms with Crippen LogP contribution < -0.4 is 0 Å². The fourth-order valence-electron chi connectivity index (χ4n) is 2.81. The molecule has 1 spiro atoms. The first-order chi connectivity index (χ1) is 7.10. The largest absolute Gasteiger partial charge is 0.464 e. The normalized spacial score (nSPS) is 44.1. The van der Waals surface area contributed by atoms with Crippen molar-refractivity contribution in [2.24, 2.45) is 11.8 Å². The van der Waals surface area contributed by atoms with E-state index >= 15 is 0 Å². The van der Waals surface area contributed by atoms with Gasteiger partial charge in [-0.15, -0.1) is 0 Å². The Kier molecular flexibility index (Phi) is 2.75. The van der Waals surface area contributed by atoms with E-state index in [1.165, 1.54) is 6.42 Å². The van der Waals surface area contributed by atoms with E-state index in [0.29, 0.717) is 18.4 Å². The van der Waals surface area contributed by atoms with Crippen LogP contribution in [0, 0.1) is 11.8 Å². The Morgan fingerprint density at radius 1 is 1.47 bits per heavy atom. The highest BCUT2D eigenvalue weighted by Gasteiger charge is 2.65. The Morgan fingerprint density at radius 3 is 2.87 bits per heavy atom. The fraction of sp³-hybridized carbons (Fsp3) is 0.917. The summed E-state index contributed by atoms with van der Waals surface area (Å²) in [4.78, 5) is 11.6. The molecular formula is C12H20O3. The number of carbonyl (C=O) groups is 1. The van der Waals surface area contributed by atoms with Gasteiger partial charge < -0.3 is 9.47 Å². The summed E-state index contributed by atoms with van der Waals surface area (Å²) in [7, 11) is 0. The molecule has 0 amide bonds. The Morgan fingerprint density at radius 2 is 2.20 bits per heavy atom. The molecule has 15 heavy (non-hydrogen) atoms. The molecule has 1 aliphatic carbocycles. The summed E-state index contributed by atoms with van der Waals surface area (Å²) >= 11 is 0. The average molecular weight is 212 g/mol. The van der Waals surface area contributed by atoms with Crippen LogP contribution >= 0.6 is 0 Å². The van der Waals surface area contributed by atoms with Crippen LogP contribution in [0.1, 0.15) is 40.0 Å². The molecule has 0 radical (unpaired) electrons. The van der Waals surface area contributed by atoms with Gasteiger partial charge in [-0.05, 0) is 31.6 Å². The molecule has 2 rings (SSSR count). The lowest BCUT2D eigenvalue weighted by Gasteiger charge is -2.30. The highest BCUT2D eigenvalue weighted by atomic mass is 16.7. The Hall–Kier alpha value is -0.570. The average Bonchev–Trinajstić information content (AvgIpc) is 2.89. The van der Waals surface area contributed by atoms with Gasteiger partial charge in [0.05, 0.1) is 6.61 Å². The fourth-order valence-corrected chi connectivity index (χ4v) is 2.81. The molecule has 1 saturated carbocycles. The van der Waals surface area contributed by atoms with Crippen molar-refractivity contribution in [3.63, 3.8) is 0 Å². The zero-order valence-corrected chi connectivity index (χ0v) is 9.79. The summed E-state index contributed by atoms with van der Waals surface area (Å²) in [6, 6.07) is 0. The standard InChI is InChI=1S/C12H20O3/c1-4-14-11(13)10-12(15-10)7-8(2)5-6-9(12)3/h8-10H,4-7H2,1-3H3. The first kappa shape index (κ1) is 10.9. The van der Waals surface area contributed by atoms with Crippen molar-refractivity contribution in [3.8, 4) is 0 Å². The highest BCUT2D eigenvalue weighted by Crippen LogP contribution is 2.53. The lowest BCUT2D eigenvalue weighted by Crippen LogP contribution is -2.35. The molecule has 2 fully saturated rings. The molecule has 1 heterocycles. The van der Waals surface area contributed by atoms with Crippen LogP contribution in [-0.2, 0) is 14.3 Å². The summed E-state index contributed by atoms with van der Waals surface area (Å²) in [6.45, 7) is 6.70. The molecule has 2 aliphatic rings. The molecule has 86 valence electrons. The van der Waals surface area contributed by atoms with Crippen molar-refractivity contribution in [3.05, 3.63) is 0 Å². The van der Waals surface area contributed by atoms with Crippen LogP contribution in [0.5, 0.6) is 0 Å².